The SMILES string of the molecule is CC(C)N(CCC#N)Cc1ccc(C(F)(F)F)cc1. The monoisotopic (exact) mass is 270 g/mol. The summed E-state index contributed by atoms with van der Waals surface area (Å²) < 4.78 is 37.3. The van der Waals surface area contributed by atoms with Gasteiger partial charge >= 0.3 is 6.18 Å². The second-order valence-electron chi connectivity index (χ2n) is 4.67. The lowest BCUT2D eigenvalue weighted by Gasteiger charge is -2.25. The summed E-state index contributed by atoms with van der Waals surface area (Å²) in [5.74, 6) is 0. The van der Waals surface area contributed by atoms with Crippen molar-refractivity contribution in [3.8, 4) is 6.07 Å². The number of nitrogens with zero attached hydrogens (tertiary/aromatic N) is 2. The summed E-state index contributed by atoms with van der Waals surface area (Å²) >= 11 is 0. The van der Waals surface area contributed by atoms with Crippen LogP contribution >= 0.6 is 0 Å². The fourth-order valence-corrected chi connectivity index (χ4v) is 1.75. The van der Waals surface area contributed by atoms with Gasteiger partial charge in [0.15, 0.2) is 0 Å². The van der Waals surface area contributed by atoms with E-state index in [0.717, 1.165) is 17.7 Å². The van der Waals surface area contributed by atoms with Gasteiger partial charge in [-0.2, -0.15) is 18.4 Å². The molecule has 0 aliphatic rings. The van der Waals surface area contributed by atoms with Crippen molar-refractivity contribution in [2.24, 2.45) is 0 Å². The Hall–Kier alpha value is -1.54. The fourth-order valence-electron chi connectivity index (χ4n) is 1.75. The first-order valence-corrected chi connectivity index (χ1v) is 6.11. The molecule has 0 amide bonds. The summed E-state index contributed by atoms with van der Waals surface area (Å²) in [6, 6.07) is 7.50. The summed E-state index contributed by atoms with van der Waals surface area (Å²) in [4.78, 5) is 2.06. The fraction of sp³-hybridized carbons (Fsp3) is 0.500. The third-order valence-corrected chi connectivity index (χ3v) is 2.91. The Morgan fingerprint density at radius 2 is 1.79 bits per heavy atom. The maximum absolute atomic E-state index is 12.4. The molecule has 0 heterocycles. The molecule has 0 spiro atoms. The highest BCUT2D eigenvalue weighted by Gasteiger charge is 2.29. The molecule has 0 aromatic heterocycles. The zero-order valence-corrected chi connectivity index (χ0v) is 11.0. The van der Waals surface area contributed by atoms with Crippen molar-refractivity contribution in [2.45, 2.75) is 39.0 Å². The van der Waals surface area contributed by atoms with Gasteiger partial charge in [0.05, 0.1) is 11.6 Å². The average molecular weight is 270 g/mol. The molecule has 0 radical (unpaired) electrons. The van der Waals surface area contributed by atoms with Gasteiger partial charge < -0.3 is 0 Å². The molecule has 1 aromatic carbocycles. The molecule has 19 heavy (non-hydrogen) atoms. The van der Waals surface area contributed by atoms with Gasteiger partial charge in [0.2, 0.25) is 0 Å². The number of halogens is 3. The van der Waals surface area contributed by atoms with Gasteiger partial charge in [-0.05, 0) is 31.5 Å². The highest BCUT2D eigenvalue weighted by atomic mass is 19.4. The predicted octanol–water partition coefficient (Wildman–Crippen LogP) is 3.83. The number of nitriles is 1. The lowest BCUT2D eigenvalue weighted by atomic mass is 10.1. The molecule has 0 fully saturated rings. The Morgan fingerprint density at radius 3 is 2.21 bits per heavy atom. The molecule has 2 nitrogen and oxygen atoms in total. The van der Waals surface area contributed by atoms with E-state index in [0.29, 0.717) is 19.5 Å². The molecular weight excluding hydrogens is 253 g/mol. The Kier molecular flexibility index (Phi) is 5.37. The molecule has 0 atom stereocenters. The van der Waals surface area contributed by atoms with E-state index in [4.69, 9.17) is 5.26 Å². The summed E-state index contributed by atoms with van der Waals surface area (Å²) in [7, 11) is 0. The second-order valence-corrected chi connectivity index (χ2v) is 4.67. The Bertz CT molecular complexity index is 429. The molecule has 0 saturated heterocycles. The minimum absolute atomic E-state index is 0.246. The van der Waals surface area contributed by atoms with E-state index in [1.54, 1.807) is 0 Å². The lowest BCUT2D eigenvalue weighted by Crippen LogP contribution is -2.31. The molecule has 0 N–H and O–H groups in total. The normalized spacial score (nSPS) is 11.9. The number of hydrogen-bond acceptors (Lipinski definition) is 2. The topological polar surface area (TPSA) is 27.0 Å². The molecule has 1 aromatic rings. The smallest absolute Gasteiger partial charge is 0.296 e. The molecule has 0 aliphatic heterocycles. The average Bonchev–Trinajstić information content (AvgIpc) is 2.33. The van der Waals surface area contributed by atoms with Crippen molar-refractivity contribution in [3.05, 3.63) is 35.4 Å². The van der Waals surface area contributed by atoms with E-state index >= 15 is 0 Å². The van der Waals surface area contributed by atoms with Crippen molar-refractivity contribution in [3.63, 3.8) is 0 Å². The highest BCUT2D eigenvalue weighted by Crippen LogP contribution is 2.29. The predicted molar refractivity (Wildman–Crippen MR) is 67.2 cm³/mol. The Morgan fingerprint density at radius 1 is 1.21 bits per heavy atom. The maximum Gasteiger partial charge on any atom is 0.416 e. The zero-order chi connectivity index (χ0) is 14.5. The van der Waals surface area contributed by atoms with Crippen molar-refractivity contribution in [1.29, 1.82) is 5.26 Å². The third-order valence-electron chi connectivity index (χ3n) is 2.91. The summed E-state index contributed by atoms with van der Waals surface area (Å²) in [6.45, 7) is 5.18. The molecule has 0 saturated carbocycles. The molecule has 5 heteroatoms. The van der Waals surface area contributed by atoms with Gasteiger partial charge in [0, 0.05) is 25.6 Å². The number of benzene rings is 1. The minimum Gasteiger partial charge on any atom is -0.296 e. The quantitative estimate of drug-likeness (QED) is 0.813. The van der Waals surface area contributed by atoms with E-state index in [9.17, 15) is 13.2 Å². The molecule has 1 rings (SSSR count). The van der Waals surface area contributed by atoms with E-state index in [-0.39, 0.29) is 6.04 Å². The molecule has 0 bridgehead atoms. The van der Waals surface area contributed by atoms with Crippen LogP contribution in [0.1, 0.15) is 31.4 Å². The largest absolute Gasteiger partial charge is 0.416 e. The maximum atomic E-state index is 12.4. The minimum atomic E-state index is -4.29. The first-order chi connectivity index (χ1) is 8.84. The number of alkyl halides is 3. The van der Waals surface area contributed by atoms with Crippen LogP contribution in [0.4, 0.5) is 13.2 Å². The number of rotatable bonds is 5. The van der Waals surface area contributed by atoms with E-state index in [2.05, 4.69) is 11.0 Å². The van der Waals surface area contributed by atoms with Gasteiger partial charge in [-0.1, -0.05) is 12.1 Å². The van der Waals surface area contributed by atoms with Gasteiger partial charge in [0.25, 0.3) is 0 Å². The summed E-state index contributed by atoms with van der Waals surface area (Å²) in [6.07, 6.45) is -3.88. The van der Waals surface area contributed by atoms with Crippen LogP contribution in [-0.2, 0) is 12.7 Å². The lowest BCUT2D eigenvalue weighted by molar-refractivity contribution is -0.137. The molecule has 104 valence electrons. The van der Waals surface area contributed by atoms with Crippen LogP contribution in [0.15, 0.2) is 24.3 Å². The van der Waals surface area contributed by atoms with Gasteiger partial charge in [-0.25, -0.2) is 0 Å². The van der Waals surface area contributed by atoms with E-state index < -0.39 is 11.7 Å². The van der Waals surface area contributed by atoms with E-state index in [1.807, 2.05) is 13.8 Å². The van der Waals surface area contributed by atoms with Gasteiger partial charge in [0.1, 0.15) is 0 Å². The second kappa shape index (κ2) is 6.58. The van der Waals surface area contributed by atoms with Crippen molar-refractivity contribution >= 4 is 0 Å². The highest BCUT2D eigenvalue weighted by molar-refractivity contribution is 5.24. The van der Waals surface area contributed by atoms with Crippen LogP contribution < -0.4 is 0 Å². The van der Waals surface area contributed by atoms with Crippen molar-refractivity contribution < 1.29 is 13.2 Å². The summed E-state index contributed by atoms with van der Waals surface area (Å²) in [5.41, 5.74) is 0.184. The molecular formula is C14H17F3N2. The van der Waals surface area contributed by atoms with Crippen LogP contribution in [0.5, 0.6) is 0 Å². The van der Waals surface area contributed by atoms with Crippen LogP contribution in [0.3, 0.4) is 0 Å². The first kappa shape index (κ1) is 15.5. The number of hydrogen-bond donors (Lipinski definition) is 0. The van der Waals surface area contributed by atoms with Crippen LogP contribution in [0.25, 0.3) is 0 Å². The summed E-state index contributed by atoms with van der Waals surface area (Å²) in [5, 5.41) is 8.59. The van der Waals surface area contributed by atoms with Crippen LogP contribution in [0, 0.1) is 11.3 Å². The van der Waals surface area contributed by atoms with Crippen LogP contribution in [-0.4, -0.2) is 17.5 Å². The van der Waals surface area contributed by atoms with E-state index in [1.165, 1.54) is 12.1 Å². The van der Waals surface area contributed by atoms with Crippen molar-refractivity contribution in [1.82, 2.24) is 4.90 Å². The third kappa shape index (κ3) is 4.92. The Balaban J connectivity index is 2.73. The first-order valence-electron chi connectivity index (χ1n) is 6.11. The zero-order valence-electron chi connectivity index (χ0n) is 11.0. The Labute approximate surface area is 111 Å². The van der Waals surface area contributed by atoms with Crippen molar-refractivity contribution in [2.75, 3.05) is 6.54 Å². The molecule has 0 unspecified atom stereocenters. The van der Waals surface area contributed by atoms with Crippen LogP contribution in [0.2, 0.25) is 0 Å². The standard InChI is InChI=1S/C14H17F3N2/c1-11(2)19(9-3-8-18)10-12-4-6-13(7-5-12)14(15,16)17/h4-7,11H,3,9-10H2,1-2H3. The van der Waals surface area contributed by atoms with Gasteiger partial charge in [-0.15, -0.1) is 0 Å². The molecule has 0 aliphatic carbocycles. The van der Waals surface area contributed by atoms with Gasteiger partial charge in [-0.3, -0.25) is 4.90 Å².